The summed E-state index contributed by atoms with van der Waals surface area (Å²) in [7, 11) is 1.53. The van der Waals surface area contributed by atoms with E-state index in [0.717, 1.165) is 12.3 Å². The van der Waals surface area contributed by atoms with E-state index in [1.807, 2.05) is 0 Å². The SMILES string of the molecule is Cc1ncc(C(=O)Nc2ccc(-c3nnn(C)c3NC(=O)O[C@H](C)c3cc(F)cnc3F)nc2)cn1. The van der Waals surface area contributed by atoms with Crippen LogP contribution >= 0.6 is 0 Å². The van der Waals surface area contributed by atoms with Crippen molar-refractivity contribution in [3.8, 4) is 11.4 Å². The minimum absolute atomic E-state index is 0.145. The molecule has 12 nitrogen and oxygen atoms in total. The number of pyridine rings is 2. The molecule has 0 aliphatic heterocycles. The largest absolute Gasteiger partial charge is 0.441 e. The molecule has 4 aromatic heterocycles. The van der Waals surface area contributed by atoms with Gasteiger partial charge in [0.1, 0.15) is 17.7 Å². The van der Waals surface area contributed by atoms with Crippen LogP contribution in [0.3, 0.4) is 0 Å². The van der Waals surface area contributed by atoms with E-state index in [1.54, 1.807) is 19.1 Å². The van der Waals surface area contributed by atoms with Crippen LogP contribution in [0.5, 0.6) is 0 Å². The number of hydrogen-bond acceptors (Lipinski definition) is 9. The van der Waals surface area contributed by atoms with E-state index in [0.29, 0.717) is 17.2 Å². The van der Waals surface area contributed by atoms with Crippen LogP contribution in [0, 0.1) is 18.7 Å². The van der Waals surface area contributed by atoms with Crippen LogP contribution in [0.15, 0.2) is 43.0 Å². The average molecular weight is 495 g/mol. The molecule has 184 valence electrons. The maximum atomic E-state index is 13.9. The number of ether oxygens (including phenoxy) is 1. The van der Waals surface area contributed by atoms with E-state index in [4.69, 9.17) is 4.74 Å². The number of nitrogens with one attached hydrogen (secondary N) is 2. The average Bonchev–Trinajstić information content (AvgIpc) is 3.21. The minimum atomic E-state index is -1.13. The maximum absolute atomic E-state index is 13.9. The lowest BCUT2D eigenvalue weighted by Gasteiger charge is -2.15. The van der Waals surface area contributed by atoms with Crippen LogP contribution in [0.25, 0.3) is 11.4 Å². The molecular formula is C22H19F2N9O3. The van der Waals surface area contributed by atoms with E-state index in [9.17, 15) is 18.4 Å². The third-order valence-electron chi connectivity index (χ3n) is 4.91. The summed E-state index contributed by atoms with van der Waals surface area (Å²) in [5.41, 5.74) is 1.02. The lowest BCUT2D eigenvalue weighted by molar-refractivity contribution is 0.102. The summed E-state index contributed by atoms with van der Waals surface area (Å²) in [5.74, 6) is -1.44. The van der Waals surface area contributed by atoms with Gasteiger partial charge in [-0.05, 0) is 32.0 Å². The van der Waals surface area contributed by atoms with Crippen molar-refractivity contribution in [1.29, 1.82) is 0 Å². The highest BCUT2D eigenvalue weighted by atomic mass is 19.1. The number of rotatable bonds is 6. The Hall–Kier alpha value is -4.88. The third-order valence-corrected chi connectivity index (χ3v) is 4.91. The molecular weight excluding hydrogens is 476 g/mol. The summed E-state index contributed by atoms with van der Waals surface area (Å²) in [4.78, 5) is 40.3. The first kappa shape index (κ1) is 24.3. The van der Waals surface area contributed by atoms with Gasteiger partial charge in [-0.1, -0.05) is 5.21 Å². The number of halogens is 2. The second-order valence-corrected chi connectivity index (χ2v) is 7.52. The molecule has 36 heavy (non-hydrogen) atoms. The van der Waals surface area contributed by atoms with Crippen LogP contribution in [-0.4, -0.2) is 46.9 Å². The minimum Gasteiger partial charge on any atom is -0.441 e. The topological polar surface area (TPSA) is 150 Å². The number of hydrogen-bond donors (Lipinski definition) is 2. The van der Waals surface area contributed by atoms with Gasteiger partial charge in [0.2, 0.25) is 5.95 Å². The normalized spacial score (nSPS) is 11.6. The molecule has 0 aromatic carbocycles. The monoisotopic (exact) mass is 495 g/mol. The Labute approximate surface area is 202 Å². The number of carbonyl (C=O) groups is 2. The summed E-state index contributed by atoms with van der Waals surface area (Å²) in [6.45, 7) is 3.08. The molecule has 0 fully saturated rings. The standard InChI is InChI=1S/C22H19F2N9O3/c1-11(16-6-14(23)9-28-19(16)24)36-22(35)30-20-18(31-32-33(20)3)17-5-4-15(10-27-17)29-21(34)13-7-25-12(2)26-8-13/h4-11H,1-3H3,(H,29,34)(H,30,35)/t11-/m1/s1. The smallest absolute Gasteiger partial charge is 0.413 e. The second-order valence-electron chi connectivity index (χ2n) is 7.52. The number of carbonyl (C=O) groups excluding carboxylic acids is 2. The van der Waals surface area contributed by atoms with Crippen LogP contribution in [0.4, 0.5) is 25.1 Å². The molecule has 14 heteroatoms. The van der Waals surface area contributed by atoms with Crippen molar-refractivity contribution in [3.63, 3.8) is 0 Å². The van der Waals surface area contributed by atoms with E-state index in [-0.39, 0.29) is 22.6 Å². The van der Waals surface area contributed by atoms with Crippen molar-refractivity contribution in [2.45, 2.75) is 20.0 Å². The number of anilines is 2. The van der Waals surface area contributed by atoms with Gasteiger partial charge in [-0.15, -0.1) is 5.10 Å². The Morgan fingerprint density at radius 3 is 2.47 bits per heavy atom. The Balaban J connectivity index is 1.45. The second kappa shape index (κ2) is 10.2. The molecule has 0 aliphatic rings. The van der Waals surface area contributed by atoms with E-state index in [2.05, 4.69) is 40.9 Å². The first-order chi connectivity index (χ1) is 17.2. The number of nitrogens with zero attached hydrogens (tertiary/aromatic N) is 7. The Morgan fingerprint density at radius 2 is 1.78 bits per heavy atom. The van der Waals surface area contributed by atoms with Crippen molar-refractivity contribution >= 4 is 23.5 Å². The molecule has 4 aromatic rings. The lowest BCUT2D eigenvalue weighted by Crippen LogP contribution is -2.19. The molecule has 0 saturated heterocycles. The fraction of sp³-hybridized carbons (Fsp3) is 0.182. The molecule has 0 aliphatic carbocycles. The predicted molar refractivity (Wildman–Crippen MR) is 122 cm³/mol. The zero-order valence-corrected chi connectivity index (χ0v) is 19.2. The van der Waals surface area contributed by atoms with E-state index in [1.165, 1.54) is 37.2 Å². The molecule has 0 spiro atoms. The predicted octanol–water partition coefficient (Wildman–Crippen LogP) is 3.21. The summed E-state index contributed by atoms with van der Waals surface area (Å²) in [6.07, 6.45) is 2.87. The van der Waals surface area contributed by atoms with Crippen LogP contribution in [-0.2, 0) is 11.8 Å². The highest BCUT2D eigenvalue weighted by Crippen LogP contribution is 2.26. The summed E-state index contributed by atoms with van der Waals surface area (Å²) in [5, 5.41) is 13.0. The zero-order chi connectivity index (χ0) is 25.8. The molecule has 2 amide bonds. The van der Waals surface area contributed by atoms with Crippen molar-refractivity contribution in [3.05, 3.63) is 71.7 Å². The van der Waals surface area contributed by atoms with Crippen LogP contribution < -0.4 is 10.6 Å². The Morgan fingerprint density at radius 1 is 1.03 bits per heavy atom. The molecule has 4 rings (SSSR count). The Kier molecular flexibility index (Phi) is 6.85. The highest BCUT2D eigenvalue weighted by molar-refractivity contribution is 6.03. The fourth-order valence-electron chi connectivity index (χ4n) is 3.06. The maximum Gasteiger partial charge on any atom is 0.413 e. The molecule has 0 radical (unpaired) electrons. The zero-order valence-electron chi connectivity index (χ0n) is 19.2. The van der Waals surface area contributed by atoms with Gasteiger partial charge in [-0.2, -0.15) is 4.39 Å². The van der Waals surface area contributed by atoms with Gasteiger partial charge < -0.3 is 10.1 Å². The van der Waals surface area contributed by atoms with Crippen LogP contribution in [0.2, 0.25) is 0 Å². The van der Waals surface area contributed by atoms with Crippen molar-refractivity contribution in [1.82, 2.24) is 34.9 Å². The molecule has 0 saturated carbocycles. The van der Waals surface area contributed by atoms with E-state index < -0.39 is 29.9 Å². The molecule has 0 unspecified atom stereocenters. The Bertz CT molecular complexity index is 1410. The van der Waals surface area contributed by atoms with Gasteiger partial charge in [-0.3, -0.25) is 15.1 Å². The molecule has 1 atom stereocenters. The first-order valence-electron chi connectivity index (χ1n) is 10.5. The van der Waals surface area contributed by atoms with Gasteiger partial charge in [0, 0.05) is 19.4 Å². The molecule has 2 N–H and O–H groups in total. The van der Waals surface area contributed by atoms with Gasteiger partial charge in [0.15, 0.2) is 11.5 Å². The number of amides is 2. The summed E-state index contributed by atoms with van der Waals surface area (Å²) < 4.78 is 33.7. The van der Waals surface area contributed by atoms with Gasteiger partial charge in [0.05, 0.1) is 34.9 Å². The quantitative estimate of drug-likeness (QED) is 0.384. The van der Waals surface area contributed by atoms with Crippen molar-refractivity contribution < 1.29 is 23.1 Å². The first-order valence-corrected chi connectivity index (χ1v) is 10.5. The van der Waals surface area contributed by atoms with Gasteiger partial charge >= 0.3 is 6.09 Å². The fourth-order valence-corrected chi connectivity index (χ4v) is 3.06. The lowest BCUT2D eigenvalue weighted by atomic mass is 10.2. The molecule has 0 bridgehead atoms. The van der Waals surface area contributed by atoms with Crippen molar-refractivity contribution in [2.75, 3.05) is 10.6 Å². The van der Waals surface area contributed by atoms with Gasteiger partial charge in [0.25, 0.3) is 5.91 Å². The summed E-state index contributed by atoms with van der Waals surface area (Å²) in [6, 6.07) is 4.06. The third kappa shape index (κ3) is 5.43. The number of aromatic nitrogens is 7. The number of aryl methyl sites for hydroxylation is 2. The summed E-state index contributed by atoms with van der Waals surface area (Å²) >= 11 is 0. The van der Waals surface area contributed by atoms with Crippen LogP contribution in [0.1, 0.15) is 34.8 Å². The highest BCUT2D eigenvalue weighted by Gasteiger charge is 2.21. The molecule has 4 heterocycles. The van der Waals surface area contributed by atoms with Gasteiger partial charge in [-0.25, -0.2) is 28.8 Å². The van der Waals surface area contributed by atoms with Crippen molar-refractivity contribution in [2.24, 2.45) is 7.05 Å². The van der Waals surface area contributed by atoms with E-state index >= 15 is 0 Å².